The second-order valence-corrected chi connectivity index (χ2v) is 9.41. The summed E-state index contributed by atoms with van der Waals surface area (Å²) in [5.41, 5.74) is 0.875. The lowest BCUT2D eigenvalue weighted by Gasteiger charge is -2.34. The molecule has 0 unspecified atom stereocenters. The quantitative estimate of drug-likeness (QED) is 0.696. The predicted molar refractivity (Wildman–Crippen MR) is 116 cm³/mol. The number of likely N-dealkylation sites (N-methyl/N-ethyl adjacent to an activating group) is 1. The van der Waals surface area contributed by atoms with E-state index in [1.54, 1.807) is 4.90 Å². The van der Waals surface area contributed by atoms with E-state index >= 15 is 0 Å². The van der Waals surface area contributed by atoms with Crippen molar-refractivity contribution in [2.75, 3.05) is 40.3 Å². The number of sulfonamides is 1. The van der Waals surface area contributed by atoms with Crippen molar-refractivity contribution >= 4 is 27.5 Å². The van der Waals surface area contributed by atoms with Gasteiger partial charge in [-0.15, -0.1) is 0 Å². The van der Waals surface area contributed by atoms with Crippen LogP contribution in [0, 0.1) is 0 Å². The summed E-state index contributed by atoms with van der Waals surface area (Å²) in [4.78, 5) is 17.1. The fourth-order valence-corrected chi connectivity index (χ4v) is 4.88. The van der Waals surface area contributed by atoms with Crippen LogP contribution in [0.15, 0.2) is 53.4 Å². The number of halogens is 1. The number of piperazine rings is 1. The Kier molecular flexibility index (Phi) is 7.36. The van der Waals surface area contributed by atoms with Crippen LogP contribution in [0.3, 0.4) is 0 Å². The van der Waals surface area contributed by atoms with E-state index < -0.39 is 16.1 Å². The van der Waals surface area contributed by atoms with E-state index in [9.17, 15) is 13.2 Å². The lowest BCUT2D eigenvalue weighted by Crippen LogP contribution is -2.54. The Morgan fingerprint density at radius 3 is 2.40 bits per heavy atom. The van der Waals surface area contributed by atoms with Gasteiger partial charge in [0.15, 0.2) is 0 Å². The second kappa shape index (κ2) is 9.78. The van der Waals surface area contributed by atoms with Gasteiger partial charge in [-0.1, -0.05) is 41.9 Å². The molecule has 0 radical (unpaired) electrons. The molecule has 162 valence electrons. The average Bonchev–Trinajstić information content (AvgIpc) is 2.74. The molecular formula is C21H26ClN3O4S. The van der Waals surface area contributed by atoms with Gasteiger partial charge in [0.05, 0.1) is 17.0 Å². The van der Waals surface area contributed by atoms with E-state index in [2.05, 4.69) is 9.62 Å². The molecule has 0 aromatic heterocycles. The normalized spacial score (nSPS) is 16.3. The van der Waals surface area contributed by atoms with E-state index in [0.29, 0.717) is 18.8 Å². The number of rotatable bonds is 7. The van der Waals surface area contributed by atoms with E-state index in [-0.39, 0.29) is 22.2 Å². The summed E-state index contributed by atoms with van der Waals surface area (Å²) in [5, 5.41) is 0.186. The molecule has 7 nitrogen and oxygen atoms in total. The van der Waals surface area contributed by atoms with Crippen LogP contribution in [0.5, 0.6) is 5.75 Å². The molecule has 0 bridgehead atoms. The molecule has 0 aliphatic carbocycles. The second-order valence-electron chi connectivity index (χ2n) is 7.29. The maximum atomic E-state index is 13.2. The predicted octanol–water partition coefficient (Wildman–Crippen LogP) is 2.01. The first-order valence-corrected chi connectivity index (χ1v) is 11.5. The zero-order chi connectivity index (χ0) is 21.7. The van der Waals surface area contributed by atoms with Gasteiger partial charge in [0.25, 0.3) is 0 Å². The number of amides is 1. The Hall–Kier alpha value is -2.13. The summed E-state index contributed by atoms with van der Waals surface area (Å²) in [5.74, 6) is 0.153. The van der Waals surface area contributed by atoms with Crippen molar-refractivity contribution < 1.29 is 17.9 Å². The number of methoxy groups -OCH3 is 1. The molecule has 1 fully saturated rings. The monoisotopic (exact) mass is 451 g/mol. The van der Waals surface area contributed by atoms with Crippen molar-refractivity contribution in [1.82, 2.24) is 14.5 Å². The molecular weight excluding hydrogens is 426 g/mol. The minimum atomic E-state index is -3.97. The van der Waals surface area contributed by atoms with Crippen LogP contribution >= 0.6 is 11.6 Å². The van der Waals surface area contributed by atoms with Gasteiger partial charge in [-0.2, -0.15) is 4.72 Å². The molecule has 30 heavy (non-hydrogen) atoms. The third-order valence-electron chi connectivity index (χ3n) is 5.13. The van der Waals surface area contributed by atoms with Crippen LogP contribution in [-0.4, -0.2) is 70.5 Å². The number of carbonyl (C=O) groups excluding carboxylic acids is 1. The first-order valence-electron chi connectivity index (χ1n) is 9.67. The minimum Gasteiger partial charge on any atom is -0.495 e. The topological polar surface area (TPSA) is 78.9 Å². The highest BCUT2D eigenvalue weighted by atomic mass is 35.5. The Bertz CT molecular complexity index is 977. The molecule has 1 amide bonds. The Morgan fingerprint density at radius 2 is 1.80 bits per heavy atom. The fourth-order valence-electron chi connectivity index (χ4n) is 3.35. The summed E-state index contributed by atoms with van der Waals surface area (Å²) < 4.78 is 33.8. The molecule has 2 aromatic carbocycles. The fraction of sp³-hybridized carbons (Fsp3) is 0.381. The average molecular weight is 452 g/mol. The minimum absolute atomic E-state index is 0.0162. The lowest BCUT2D eigenvalue weighted by molar-refractivity contribution is -0.134. The third kappa shape index (κ3) is 5.51. The van der Waals surface area contributed by atoms with Crippen molar-refractivity contribution in [3.8, 4) is 5.75 Å². The van der Waals surface area contributed by atoms with E-state index in [4.69, 9.17) is 16.3 Å². The van der Waals surface area contributed by atoms with Gasteiger partial charge in [-0.05, 0) is 37.2 Å². The molecule has 1 aliphatic heterocycles. The van der Waals surface area contributed by atoms with Crippen molar-refractivity contribution in [1.29, 1.82) is 0 Å². The summed E-state index contributed by atoms with van der Waals surface area (Å²) in [6.07, 6.45) is 0.259. The smallest absolute Gasteiger partial charge is 0.241 e. The van der Waals surface area contributed by atoms with Crippen LogP contribution in [0.4, 0.5) is 0 Å². The van der Waals surface area contributed by atoms with Gasteiger partial charge < -0.3 is 14.5 Å². The zero-order valence-corrected chi connectivity index (χ0v) is 18.6. The van der Waals surface area contributed by atoms with Gasteiger partial charge in [-0.25, -0.2) is 8.42 Å². The van der Waals surface area contributed by atoms with Crippen molar-refractivity contribution in [2.45, 2.75) is 17.4 Å². The molecule has 1 atom stereocenters. The number of nitrogens with zero attached hydrogens (tertiary/aromatic N) is 2. The number of hydrogen-bond donors (Lipinski definition) is 1. The Morgan fingerprint density at radius 1 is 1.13 bits per heavy atom. The Balaban J connectivity index is 1.85. The molecule has 1 N–H and O–H groups in total. The first kappa shape index (κ1) is 22.6. The summed E-state index contributed by atoms with van der Waals surface area (Å²) >= 11 is 6.10. The molecule has 9 heteroatoms. The van der Waals surface area contributed by atoms with Gasteiger partial charge in [0, 0.05) is 26.2 Å². The molecule has 1 saturated heterocycles. The molecule has 0 spiro atoms. The zero-order valence-electron chi connectivity index (χ0n) is 17.0. The number of benzene rings is 2. The van der Waals surface area contributed by atoms with Crippen LogP contribution in [0.25, 0.3) is 0 Å². The van der Waals surface area contributed by atoms with E-state index in [0.717, 1.165) is 18.7 Å². The van der Waals surface area contributed by atoms with Crippen molar-refractivity contribution in [2.24, 2.45) is 0 Å². The Labute approximate surface area is 182 Å². The summed E-state index contributed by atoms with van der Waals surface area (Å²) in [7, 11) is -0.513. The van der Waals surface area contributed by atoms with Gasteiger partial charge in [0.1, 0.15) is 11.8 Å². The number of hydrogen-bond acceptors (Lipinski definition) is 5. The largest absolute Gasteiger partial charge is 0.495 e. The van der Waals surface area contributed by atoms with Crippen LogP contribution in [-0.2, 0) is 21.2 Å². The van der Waals surface area contributed by atoms with E-state index in [1.807, 2.05) is 37.4 Å². The van der Waals surface area contributed by atoms with Crippen molar-refractivity contribution in [3.05, 3.63) is 59.1 Å². The molecule has 3 rings (SSSR count). The van der Waals surface area contributed by atoms with E-state index in [1.165, 1.54) is 25.3 Å². The molecule has 2 aromatic rings. The van der Waals surface area contributed by atoms with Crippen LogP contribution in [0.1, 0.15) is 5.56 Å². The highest BCUT2D eigenvalue weighted by Gasteiger charge is 2.31. The number of nitrogens with one attached hydrogen (secondary N) is 1. The van der Waals surface area contributed by atoms with Gasteiger partial charge in [-0.3, -0.25) is 4.79 Å². The summed E-state index contributed by atoms with van der Waals surface area (Å²) in [6.45, 7) is 2.64. The molecule has 0 saturated carbocycles. The maximum Gasteiger partial charge on any atom is 0.241 e. The van der Waals surface area contributed by atoms with Crippen LogP contribution < -0.4 is 9.46 Å². The standard InChI is InChI=1S/C21H26ClN3O4S/c1-24-10-12-25(13-11-24)21(26)19(14-16-6-4-3-5-7-16)23-30(27,28)17-8-9-20(29-2)18(22)15-17/h3-9,15,19,23H,10-14H2,1-2H3/t19-/m0/s1. The maximum absolute atomic E-state index is 13.2. The highest BCUT2D eigenvalue weighted by molar-refractivity contribution is 7.89. The van der Waals surface area contributed by atoms with Gasteiger partial charge in [0.2, 0.25) is 15.9 Å². The number of ether oxygens (including phenoxy) is 1. The highest BCUT2D eigenvalue weighted by Crippen LogP contribution is 2.27. The van der Waals surface area contributed by atoms with Crippen LogP contribution in [0.2, 0.25) is 5.02 Å². The lowest BCUT2D eigenvalue weighted by atomic mass is 10.1. The third-order valence-corrected chi connectivity index (χ3v) is 6.89. The summed E-state index contributed by atoms with van der Waals surface area (Å²) in [6, 6.07) is 12.7. The molecule has 1 aliphatic rings. The van der Waals surface area contributed by atoms with Crippen molar-refractivity contribution in [3.63, 3.8) is 0 Å². The molecule has 1 heterocycles. The first-order chi connectivity index (χ1) is 14.3. The van der Waals surface area contributed by atoms with Gasteiger partial charge >= 0.3 is 0 Å². The SMILES string of the molecule is COc1ccc(S(=O)(=O)N[C@@H](Cc2ccccc2)C(=O)N2CCN(C)CC2)cc1Cl. The number of carbonyl (C=O) groups is 1.